The quantitative estimate of drug-likeness (QED) is 0.842. The molecule has 0 saturated heterocycles. The molecule has 1 aromatic rings. The molecule has 20 heavy (non-hydrogen) atoms. The van der Waals surface area contributed by atoms with Crippen LogP contribution in [0.5, 0.6) is 0 Å². The van der Waals surface area contributed by atoms with Crippen molar-refractivity contribution >= 4 is 17.7 Å². The summed E-state index contributed by atoms with van der Waals surface area (Å²) >= 11 is 5.55. The topological polar surface area (TPSA) is 72.5 Å². The lowest BCUT2D eigenvalue weighted by Crippen LogP contribution is -2.27. The number of hydrogen-bond acceptors (Lipinski definition) is 3. The molecule has 0 aliphatic heterocycles. The van der Waals surface area contributed by atoms with E-state index in [-0.39, 0.29) is 11.8 Å². The maximum atomic E-state index is 10.0. The number of carbonyl (C=O) groups is 1. The minimum atomic E-state index is -0.725. The molecule has 0 bridgehead atoms. The van der Waals surface area contributed by atoms with Gasteiger partial charge in [0.1, 0.15) is 5.60 Å². The molecule has 0 spiro atoms. The summed E-state index contributed by atoms with van der Waals surface area (Å²) in [6.07, 6.45) is -1.17. The molecule has 1 rings (SSSR count). The van der Waals surface area contributed by atoms with Crippen molar-refractivity contribution in [2.45, 2.75) is 45.3 Å². The molecule has 0 saturated carbocycles. The van der Waals surface area contributed by atoms with Gasteiger partial charge in [-0.15, -0.1) is 11.6 Å². The van der Waals surface area contributed by atoms with Gasteiger partial charge in [0.05, 0.1) is 6.10 Å². The van der Waals surface area contributed by atoms with Gasteiger partial charge in [-0.2, -0.15) is 0 Å². The van der Waals surface area contributed by atoms with E-state index in [4.69, 9.17) is 17.3 Å². The highest BCUT2D eigenvalue weighted by atomic mass is 35.5. The lowest BCUT2D eigenvalue weighted by atomic mass is 9.97. The molecule has 0 fully saturated rings. The van der Waals surface area contributed by atoms with Crippen molar-refractivity contribution in [3.05, 3.63) is 35.9 Å². The molecule has 2 atom stereocenters. The van der Waals surface area contributed by atoms with Crippen molar-refractivity contribution in [3.63, 3.8) is 0 Å². The largest absolute Gasteiger partial charge is 0.444 e. The van der Waals surface area contributed by atoms with E-state index in [9.17, 15) is 9.90 Å². The first-order chi connectivity index (χ1) is 9.17. The zero-order valence-electron chi connectivity index (χ0n) is 12.5. The molecule has 0 heterocycles. The van der Waals surface area contributed by atoms with Crippen LogP contribution in [0.4, 0.5) is 4.79 Å². The summed E-state index contributed by atoms with van der Waals surface area (Å²) < 4.78 is 4.58. The molecule has 0 radical (unpaired) electrons. The van der Waals surface area contributed by atoms with Gasteiger partial charge in [0, 0.05) is 11.8 Å². The Labute approximate surface area is 125 Å². The number of nitrogens with two attached hydrogens (primary N) is 1. The maximum absolute atomic E-state index is 10.0. The Bertz CT molecular complexity index is 390. The number of halogens is 1. The fraction of sp³-hybridized carbons (Fsp3) is 0.533. The Hall–Kier alpha value is -1.26. The van der Waals surface area contributed by atoms with Gasteiger partial charge in [-0.3, -0.25) is 0 Å². The number of amides is 1. The number of benzene rings is 1. The third-order valence-electron chi connectivity index (χ3n) is 2.47. The van der Waals surface area contributed by atoms with Crippen LogP contribution in [0.2, 0.25) is 0 Å². The molecule has 0 aliphatic rings. The van der Waals surface area contributed by atoms with Crippen LogP contribution >= 0.6 is 11.6 Å². The molecule has 3 N–H and O–H groups in total. The minimum absolute atomic E-state index is 0.115. The van der Waals surface area contributed by atoms with Crippen molar-refractivity contribution in [2.24, 2.45) is 5.73 Å². The van der Waals surface area contributed by atoms with Crippen molar-refractivity contribution in [1.29, 1.82) is 0 Å². The number of alkyl halides is 1. The Balaban J connectivity index is 0.000000396. The van der Waals surface area contributed by atoms with Gasteiger partial charge in [0.15, 0.2) is 0 Å². The summed E-state index contributed by atoms with van der Waals surface area (Å²) in [6.45, 7) is 7.26. The highest BCUT2D eigenvalue weighted by Crippen LogP contribution is 2.19. The van der Waals surface area contributed by atoms with Gasteiger partial charge in [0.25, 0.3) is 0 Å². The number of ether oxygens (including phenoxy) is 1. The summed E-state index contributed by atoms with van der Waals surface area (Å²) in [6, 6.07) is 9.89. The number of hydrogen-bond donors (Lipinski definition) is 2. The lowest BCUT2D eigenvalue weighted by Gasteiger charge is -2.16. The van der Waals surface area contributed by atoms with Gasteiger partial charge < -0.3 is 15.6 Å². The predicted octanol–water partition coefficient (Wildman–Crippen LogP) is 3.27. The van der Waals surface area contributed by atoms with E-state index in [0.29, 0.717) is 0 Å². The SMILES string of the molecule is CC(C)(C)OC(N)=O.CC(c1ccccc1)C(O)CCl. The van der Waals surface area contributed by atoms with Crippen LogP contribution in [0, 0.1) is 0 Å². The zero-order valence-corrected chi connectivity index (χ0v) is 13.2. The fourth-order valence-corrected chi connectivity index (χ4v) is 1.68. The molecule has 114 valence electrons. The standard InChI is InChI=1S/C10H13ClO.C5H11NO2/c1-8(10(12)7-11)9-5-3-2-4-6-9;1-5(2,3)8-4(6)7/h2-6,8,10,12H,7H2,1H3;1-3H3,(H2,6,7). The van der Waals surface area contributed by atoms with E-state index < -0.39 is 17.8 Å². The van der Waals surface area contributed by atoms with E-state index in [1.54, 1.807) is 20.8 Å². The first-order valence-electron chi connectivity index (χ1n) is 6.44. The van der Waals surface area contributed by atoms with Gasteiger partial charge in [0.2, 0.25) is 0 Å². The summed E-state index contributed by atoms with van der Waals surface area (Å²) in [5.74, 6) is 0.402. The number of carbonyl (C=O) groups excluding carboxylic acids is 1. The van der Waals surface area contributed by atoms with E-state index in [1.165, 1.54) is 0 Å². The van der Waals surface area contributed by atoms with Crippen LogP contribution in [0.25, 0.3) is 0 Å². The van der Waals surface area contributed by atoms with Gasteiger partial charge in [-0.25, -0.2) is 4.79 Å². The number of rotatable bonds is 3. The van der Waals surface area contributed by atoms with E-state index in [1.807, 2.05) is 37.3 Å². The highest BCUT2D eigenvalue weighted by Gasteiger charge is 2.14. The van der Waals surface area contributed by atoms with Crippen LogP contribution in [0.3, 0.4) is 0 Å². The molecule has 0 aliphatic carbocycles. The van der Waals surface area contributed by atoms with Crippen LogP contribution in [-0.2, 0) is 4.74 Å². The second kappa shape index (κ2) is 8.82. The Morgan fingerprint density at radius 1 is 1.35 bits per heavy atom. The summed E-state index contributed by atoms with van der Waals surface area (Å²) in [7, 11) is 0. The van der Waals surface area contributed by atoms with Gasteiger partial charge in [-0.1, -0.05) is 37.3 Å². The molecular weight excluding hydrogens is 278 g/mol. The van der Waals surface area contributed by atoms with E-state index in [2.05, 4.69) is 4.74 Å². The second-order valence-electron chi connectivity index (χ2n) is 5.45. The van der Waals surface area contributed by atoms with Crippen LogP contribution in [0.15, 0.2) is 30.3 Å². The van der Waals surface area contributed by atoms with Gasteiger partial charge in [-0.05, 0) is 26.3 Å². The Morgan fingerprint density at radius 2 is 1.85 bits per heavy atom. The molecular formula is C15H24ClNO3. The Kier molecular flexibility index (Phi) is 8.26. The predicted molar refractivity (Wildman–Crippen MR) is 82.0 cm³/mol. The molecule has 2 unspecified atom stereocenters. The maximum Gasteiger partial charge on any atom is 0.405 e. The molecule has 1 amide bonds. The van der Waals surface area contributed by atoms with Crippen molar-refractivity contribution in [3.8, 4) is 0 Å². The number of primary amides is 1. The fourth-order valence-electron chi connectivity index (χ4n) is 1.41. The second-order valence-corrected chi connectivity index (χ2v) is 5.76. The molecule has 1 aromatic carbocycles. The van der Waals surface area contributed by atoms with Crippen LogP contribution < -0.4 is 5.73 Å². The number of aliphatic hydroxyl groups excluding tert-OH is 1. The van der Waals surface area contributed by atoms with E-state index in [0.717, 1.165) is 5.56 Å². The van der Waals surface area contributed by atoms with Crippen molar-refractivity contribution in [2.75, 3.05) is 5.88 Å². The van der Waals surface area contributed by atoms with Crippen LogP contribution in [-0.4, -0.2) is 28.8 Å². The smallest absolute Gasteiger partial charge is 0.405 e. The molecule has 5 heteroatoms. The summed E-state index contributed by atoms with van der Waals surface area (Å²) in [5.41, 5.74) is 5.40. The monoisotopic (exact) mass is 301 g/mol. The third-order valence-corrected chi connectivity index (χ3v) is 2.78. The third kappa shape index (κ3) is 8.77. The van der Waals surface area contributed by atoms with Crippen molar-refractivity contribution in [1.82, 2.24) is 0 Å². The first kappa shape index (κ1) is 18.7. The van der Waals surface area contributed by atoms with E-state index >= 15 is 0 Å². The summed E-state index contributed by atoms with van der Waals surface area (Å²) in [4.78, 5) is 10.0. The zero-order chi connectivity index (χ0) is 15.8. The highest BCUT2D eigenvalue weighted by molar-refractivity contribution is 6.18. The number of aliphatic hydroxyl groups is 1. The molecule has 4 nitrogen and oxygen atoms in total. The minimum Gasteiger partial charge on any atom is -0.444 e. The normalized spacial score (nSPS) is 13.7. The van der Waals surface area contributed by atoms with Crippen LogP contribution in [0.1, 0.15) is 39.2 Å². The first-order valence-corrected chi connectivity index (χ1v) is 6.98. The molecule has 0 aromatic heterocycles. The Morgan fingerprint density at radius 3 is 2.15 bits per heavy atom. The summed E-state index contributed by atoms with van der Waals surface area (Å²) in [5, 5.41) is 9.45. The van der Waals surface area contributed by atoms with Gasteiger partial charge >= 0.3 is 6.09 Å². The average Bonchev–Trinajstić information content (AvgIpc) is 2.35. The lowest BCUT2D eigenvalue weighted by molar-refractivity contribution is 0.0600. The van der Waals surface area contributed by atoms with Crippen molar-refractivity contribution < 1.29 is 14.6 Å². The average molecular weight is 302 g/mol.